The van der Waals surface area contributed by atoms with Gasteiger partial charge in [-0.3, -0.25) is 9.59 Å². The van der Waals surface area contributed by atoms with Crippen LogP contribution in [-0.2, 0) is 27.6 Å². The van der Waals surface area contributed by atoms with Crippen LogP contribution in [0.3, 0.4) is 0 Å². The second-order valence-electron chi connectivity index (χ2n) is 4.67. The summed E-state index contributed by atoms with van der Waals surface area (Å²) < 4.78 is 20.6. The van der Waals surface area contributed by atoms with Crippen LogP contribution in [0.5, 0.6) is 0 Å². The van der Waals surface area contributed by atoms with E-state index in [1.165, 1.54) is 21.3 Å². The summed E-state index contributed by atoms with van der Waals surface area (Å²) in [4.78, 5) is 23.6. The zero-order valence-electron chi connectivity index (χ0n) is 11.4. The second kappa shape index (κ2) is 5.92. The molecule has 0 aromatic carbocycles. The Bertz CT molecular complexity index is 317. The highest BCUT2D eigenvalue weighted by Crippen LogP contribution is 2.41. The van der Waals surface area contributed by atoms with E-state index in [9.17, 15) is 9.59 Å². The lowest BCUT2D eigenvalue weighted by Crippen LogP contribution is -2.51. The van der Waals surface area contributed by atoms with E-state index in [1.54, 1.807) is 0 Å². The van der Waals surface area contributed by atoms with Crippen LogP contribution in [0.25, 0.3) is 0 Å². The zero-order chi connectivity index (χ0) is 13.9. The Hall–Kier alpha value is -0.763. The number of esters is 2. The molecule has 1 fully saturated rings. The predicted octanol–water partition coefficient (Wildman–Crippen LogP) is 0.980. The van der Waals surface area contributed by atoms with Crippen molar-refractivity contribution in [2.45, 2.75) is 25.8 Å². The standard InChI is InChI=1S/C11H20O6Si/c1-7(2)6-8-9(11(13)17-10(8)12)18(14-3,15-4)16-5/h7-9H,6H2,1-5H3. The van der Waals surface area contributed by atoms with Crippen LogP contribution in [0, 0.1) is 11.8 Å². The van der Waals surface area contributed by atoms with Crippen LogP contribution in [0.1, 0.15) is 20.3 Å². The lowest BCUT2D eigenvalue weighted by Gasteiger charge is -2.30. The van der Waals surface area contributed by atoms with Gasteiger partial charge in [-0.05, 0) is 12.3 Å². The molecule has 0 amide bonds. The average Bonchev–Trinajstić information content (AvgIpc) is 2.59. The molecule has 1 saturated heterocycles. The minimum atomic E-state index is -3.21. The van der Waals surface area contributed by atoms with Gasteiger partial charge in [0.1, 0.15) is 5.54 Å². The van der Waals surface area contributed by atoms with Crippen molar-refractivity contribution in [3.63, 3.8) is 0 Å². The third-order valence-corrected chi connectivity index (χ3v) is 6.23. The van der Waals surface area contributed by atoms with Crippen molar-refractivity contribution in [1.29, 1.82) is 0 Å². The fourth-order valence-electron chi connectivity index (χ4n) is 2.30. The van der Waals surface area contributed by atoms with Gasteiger partial charge in [0.05, 0.1) is 5.92 Å². The Balaban J connectivity index is 3.07. The van der Waals surface area contributed by atoms with E-state index < -0.39 is 32.2 Å². The van der Waals surface area contributed by atoms with Crippen LogP contribution < -0.4 is 0 Å². The van der Waals surface area contributed by atoms with Gasteiger partial charge in [-0.15, -0.1) is 0 Å². The first kappa shape index (κ1) is 15.3. The molecular formula is C11H20O6Si. The number of rotatable bonds is 6. The SMILES string of the molecule is CO[Si](OC)(OC)C1C(=O)OC(=O)C1CC(C)C. The normalized spacial score (nSPS) is 24.8. The minimum Gasteiger partial charge on any atom is -0.393 e. The molecule has 0 aliphatic carbocycles. The van der Waals surface area contributed by atoms with Crippen LogP contribution in [0.4, 0.5) is 0 Å². The Kier molecular flexibility index (Phi) is 5.03. The lowest BCUT2D eigenvalue weighted by atomic mass is 9.95. The molecule has 0 spiro atoms. The molecule has 6 nitrogen and oxygen atoms in total. The number of ether oxygens (including phenoxy) is 1. The number of carbonyl (C=O) groups excluding carboxylic acids is 2. The maximum atomic E-state index is 11.9. The van der Waals surface area contributed by atoms with Crippen molar-refractivity contribution in [2.75, 3.05) is 21.3 Å². The minimum absolute atomic E-state index is 0.258. The summed E-state index contributed by atoms with van der Waals surface area (Å²) in [6, 6.07) is 0. The number of hydrogen-bond donors (Lipinski definition) is 0. The maximum absolute atomic E-state index is 11.9. The summed E-state index contributed by atoms with van der Waals surface area (Å²) in [6.07, 6.45) is 0.542. The van der Waals surface area contributed by atoms with Gasteiger partial charge in [-0.2, -0.15) is 0 Å². The first-order chi connectivity index (χ1) is 8.41. The van der Waals surface area contributed by atoms with E-state index in [1.807, 2.05) is 13.8 Å². The summed E-state index contributed by atoms with van der Waals surface area (Å²) >= 11 is 0. The molecule has 1 heterocycles. The summed E-state index contributed by atoms with van der Waals surface area (Å²) in [7, 11) is 1.04. The van der Waals surface area contributed by atoms with E-state index in [-0.39, 0.29) is 5.92 Å². The summed E-state index contributed by atoms with van der Waals surface area (Å²) in [5, 5.41) is 0. The van der Waals surface area contributed by atoms with Gasteiger partial charge >= 0.3 is 20.7 Å². The fraction of sp³-hybridized carbons (Fsp3) is 0.818. The van der Waals surface area contributed by atoms with Crippen molar-refractivity contribution in [3.05, 3.63) is 0 Å². The molecule has 1 aliphatic rings. The predicted molar refractivity (Wildman–Crippen MR) is 64.6 cm³/mol. The summed E-state index contributed by atoms with van der Waals surface area (Å²) in [6.45, 7) is 3.95. The molecule has 0 aromatic heterocycles. The van der Waals surface area contributed by atoms with E-state index in [0.29, 0.717) is 6.42 Å². The van der Waals surface area contributed by atoms with Gasteiger partial charge in [0.25, 0.3) is 0 Å². The van der Waals surface area contributed by atoms with Gasteiger partial charge < -0.3 is 18.0 Å². The fourth-order valence-corrected chi connectivity index (χ4v) is 4.67. The Labute approximate surface area is 108 Å². The zero-order valence-corrected chi connectivity index (χ0v) is 12.4. The third-order valence-electron chi connectivity index (χ3n) is 3.12. The number of hydrogen-bond acceptors (Lipinski definition) is 6. The Morgan fingerprint density at radius 3 is 2.00 bits per heavy atom. The molecule has 0 saturated carbocycles. The molecular weight excluding hydrogens is 256 g/mol. The molecule has 18 heavy (non-hydrogen) atoms. The van der Waals surface area contributed by atoms with E-state index in [0.717, 1.165) is 0 Å². The average molecular weight is 276 g/mol. The molecule has 104 valence electrons. The molecule has 2 unspecified atom stereocenters. The maximum Gasteiger partial charge on any atom is 0.515 e. The monoisotopic (exact) mass is 276 g/mol. The number of cyclic esters (lactones) is 2. The highest BCUT2D eigenvalue weighted by molar-refractivity contribution is 6.67. The first-order valence-electron chi connectivity index (χ1n) is 5.82. The highest BCUT2D eigenvalue weighted by atomic mass is 28.4. The van der Waals surface area contributed by atoms with Gasteiger partial charge in [-0.1, -0.05) is 13.8 Å². The van der Waals surface area contributed by atoms with Crippen molar-refractivity contribution >= 4 is 20.7 Å². The van der Waals surface area contributed by atoms with Crippen molar-refractivity contribution in [1.82, 2.24) is 0 Å². The van der Waals surface area contributed by atoms with Crippen LogP contribution in [-0.4, -0.2) is 42.1 Å². The Morgan fingerprint density at radius 1 is 1.11 bits per heavy atom. The van der Waals surface area contributed by atoms with Crippen LogP contribution in [0.15, 0.2) is 0 Å². The Morgan fingerprint density at radius 2 is 1.61 bits per heavy atom. The third kappa shape index (κ3) is 2.63. The van der Waals surface area contributed by atoms with Crippen molar-refractivity contribution < 1.29 is 27.6 Å². The van der Waals surface area contributed by atoms with E-state index in [2.05, 4.69) is 0 Å². The second-order valence-corrected chi connectivity index (χ2v) is 7.72. The van der Waals surface area contributed by atoms with E-state index >= 15 is 0 Å². The highest BCUT2D eigenvalue weighted by Gasteiger charge is 2.62. The number of carbonyl (C=O) groups is 2. The largest absolute Gasteiger partial charge is 0.515 e. The van der Waals surface area contributed by atoms with Gasteiger partial charge in [-0.25, -0.2) is 0 Å². The quantitative estimate of drug-likeness (QED) is 0.409. The summed E-state index contributed by atoms with van der Waals surface area (Å²) in [5.74, 6) is -1.41. The van der Waals surface area contributed by atoms with Crippen molar-refractivity contribution in [3.8, 4) is 0 Å². The molecule has 1 aliphatic heterocycles. The molecule has 0 bridgehead atoms. The van der Waals surface area contributed by atoms with Gasteiger partial charge in [0, 0.05) is 21.3 Å². The molecule has 0 N–H and O–H groups in total. The topological polar surface area (TPSA) is 71.1 Å². The van der Waals surface area contributed by atoms with Gasteiger partial charge in [0.2, 0.25) is 0 Å². The lowest BCUT2D eigenvalue weighted by molar-refractivity contribution is -0.153. The molecule has 2 atom stereocenters. The van der Waals surface area contributed by atoms with Gasteiger partial charge in [0.15, 0.2) is 0 Å². The molecule has 0 aromatic rings. The van der Waals surface area contributed by atoms with E-state index in [4.69, 9.17) is 18.0 Å². The first-order valence-corrected chi connectivity index (χ1v) is 7.63. The summed E-state index contributed by atoms with van der Waals surface area (Å²) in [5.41, 5.74) is -0.771. The molecule has 1 rings (SSSR count). The smallest absolute Gasteiger partial charge is 0.393 e. The van der Waals surface area contributed by atoms with Crippen LogP contribution >= 0.6 is 0 Å². The van der Waals surface area contributed by atoms with Crippen LogP contribution in [0.2, 0.25) is 5.54 Å². The van der Waals surface area contributed by atoms with Crippen molar-refractivity contribution in [2.24, 2.45) is 11.8 Å². The molecule has 0 radical (unpaired) electrons. The molecule has 7 heteroatoms.